The zero-order chi connectivity index (χ0) is 12.8. The van der Waals surface area contributed by atoms with Crippen molar-refractivity contribution in [3.63, 3.8) is 0 Å². The third-order valence-corrected chi connectivity index (χ3v) is 2.78. The lowest BCUT2D eigenvalue weighted by molar-refractivity contribution is -0.137. The van der Waals surface area contributed by atoms with Crippen LogP contribution < -0.4 is 0 Å². The van der Waals surface area contributed by atoms with Crippen LogP contribution in [-0.2, 0) is 22.6 Å². The number of carbonyl (C=O) groups is 1. The van der Waals surface area contributed by atoms with Crippen molar-refractivity contribution in [2.75, 3.05) is 7.11 Å². The van der Waals surface area contributed by atoms with Gasteiger partial charge in [-0.05, 0) is 30.5 Å². The molecule has 0 bridgehead atoms. The third kappa shape index (κ3) is 4.44. The molecule has 1 aromatic rings. The number of benzene rings is 1. The van der Waals surface area contributed by atoms with Gasteiger partial charge < -0.3 is 9.84 Å². The summed E-state index contributed by atoms with van der Waals surface area (Å²) in [6.45, 7) is 0.206. The Hall–Kier alpha value is -0.940. The molecule has 0 heterocycles. The van der Waals surface area contributed by atoms with Crippen molar-refractivity contribution < 1.29 is 19.0 Å². The van der Waals surface area contributed by atoms with Crippen LogP contribution >= 0.6 is 15.9 Å². The fraction of sp³-hybridized carbons (Fsp3) is 0.417. The Morgan fingerprint density at radius 2 is 2.12 bits per heavy atom. The number of rotatable bonds is 6. The lowest BCUT2D eigenvalue weighted by atomic mass is 10.0. The minimum absolute atomic E-state index is 0.0472. The number of hydrogen-bond acceptors (Lipinski definition) is 2. The van der Waals surface area contributed by atoms with Crippen LogP contribution in [0.4, 0.5) is 4.39 Å². The standard InChI is InChI=1S/C12H14BrFO3/c1-17-7-9-6-10(13)5-8(12(9)14)3-2-4-11(15)16/h5-6H,2-4,7H2,1H3,(H,15,16). The first-order valence-corrected chi connectivity index (χ1v) is 6.01. The van der Waals surface area contributed by atoms with Gasteiger partial charge in [-0.2, -0.15) is 0 Å². The average Bonchev–Trinajstić information content (AvgIpc) is 2.24. The predicted octanol–water partition coefficient (Wildman–Crippen LogP) is 3.14. The Morgan fingerprint density at radius 3 is 2.71 bits per heavy atom. The molecule has 1 aromatic carbocycles. The molecule has 1 N–H and O–H groups in total. The van der Waals surface area contributed by atoms with Gasteiger partial charge in [0, 0.05) is 23.6 Å². The van der Waals surface area contributed by atoms with Crippen molar-refractivity contribution in [3.8, 4) is 0 Å². The Morgan fingerprint density at radius 1 is 1.47 bits per heavy atom. The van der Waals surface area contributed by atoms with Crippen molar-refractivity contribution in [3.05, 3.63) is 33.5 Å². The molecule has 17 heavy (non-hydrogen) atoms. The molecule has 0 aromatic heterocycles. The van der Waals surface area contributed by atoms with E-state index in [0.29, 0.717) is 24.0 Å². The van der Waals surface area contributed by atoms with Gasteiger partial charge in [0.2, 0.25) is 0 Å². The Labute approximate surface area is 108 Å². The van der Waals surface area contributed by atoms with E-state index in [0.717, 1.165) is 4.47 Å². The van der Waals surface area contributed by atoms with Crippen molar-refractivity contribution in [2.45, 2.75) is 25.9 Å². The van der Waals surface area contributed by atoms with E-state index in [-0.39, 0.29) is 18.8 Å². The van der Waals surface area contributed by atoms with E-state index in [1.54, 1.807) is 12.1 Å². The molecule has 0 aliphatic carbocycles. The summed E-state index contributed by atoms with van der Waals surface area (Å²) in [7, 11) is 1.50. The van der Waals surface area contributed by atoms with Crippen LogP contribution in [0.1, 0.15) is 24.0 Å². The van der Waals surface area contributed by atoms with Gasteiger partial charge >= 0.3 is 5.97 Å². The molecule has 0 spiro atoms. The summed E-state index contributed by atoms with van der Waals surface area (Å²) in [5.41, 5.74) is 1.000. The number of carboxylic acid groups (broad SMARTS) is 1. The molecule has 1 rings (SSSR count). The first-order chi connectivity index (χ1) is 8.04. The maximum atomic E-state index is 13.9. The van der Waals surface area contributed by atoms with Crippen LogP contribution in [0.15, 0.2) is 16.6 Å². The summed E-state index contributed by atoms with van der Waals surface area (Å²) < 4.78 is 19.6. The van der Waals surface area contributed by atoms with Crippen LogP contribution in [0, 0.1) is 5.82 Å². The van der Waals surface area contributed by atoms with E-state index in [9.17, 15) is 9.18 Å². The molecular weight excluding hydrogens is 291 g/mol. The van der Waals surface area contributed by atoms with E-state index in [1.807, 2.05) is 0 Å². The van der Waals surface area contributed by atoms with E-state index in [2.05, 4.69) is 15.9 Å². The van der Waals surface area contributed by atoms with E-state index in [1.165, 1.54) is 7.11 Å². The lowest BCUT2D eigenvalue weighted by Crippen LogP contribution is -2.01. The fourth-order valence-corrected chi connectivity index (χ4v) is 2.13. The van der Waals surface area contributed by atoms with Gasteiger partial charge in [-0.1, -0.05) is 15.9 Å². The quantitative estimate of drug-likeness (QED) is 0.878. The molecule has 5 heteroatoms. The zero-order valence-electron chi connectivity index (χ0n) is 9.50. The SMILES string of the molecule is COCc1cc(Br)cc(CCCC(=O)O)c1F. The number of hydrogen-bond donors (Lipinski definition) is 1. The Balaban J connectivity index is 2.79. The molecule has 0 fully saturated rings. The monoisotopic (exact) mass is 304 g/mol. The summed E-state index contributed by atoms with van der Waals surface area (Å²) in [6.07, 6.45) is 0.884. The Kier molecular flexibility index (Phi) is 5.58. The number of halogens is 2. The molecule has 0 saturated carbocycles. The number of ether oxygens (including phenoxy) is 1. The van der Waals surface area contributed by atoms with Gasteiger partial charge in [-0.15, -0.1) is 0 Å². The van der Waals surface area contributed by atoms with Crippen LogP contribution in [0.25, 0.3) is 0 Å². The second kappa shape index (κ2) is 6.71. The maximum absolute atomic E-state index is 13.9. The van der Waals surface area contributed by atoms with Gasteiger partial charge in [0.25, 0.3) is 0 Å². The zero-order valence-corrected chi connectivity index (χ0v) is 11.1. The normalized spacial score (nSPS) is 10.5. The highest BCUT2D eigenvalue weighted by Gasteiger charge is 2.10. The fourth-order valence-electron chi connectivity index (χ4n) is 1.58. The highest BCUT2D eigenvalue weighted by Crippen LogP contribution is 2.22. The van der Waals surface area contributed by atoms with Gasteiger partial charge in [-0.25, -0.2) is 4.39 Å². The van der Waals surface area contributed by atoms with Crippen molar-refractivity contribution >= 4 is 21.9 Å². The smallest absolute Gasteiger partial charge is 0.303 e. The number of aliphatic carboxylic acids is 1. The third-order valence-electron chi connectivity index (χ3n) is 2.32. The summed E-state index contributed by atoms with van der Waals surface area (Å²) in [5, 5.41) is 8.53. The highest BCUT2D eigenvalue weighted by atomic mass is 79.9. The van der Waals surface area contributed by atoms with Crippen molar-refractivity contribution in [1.29, 1.82) is 0 Å². The second-order valence-electron chi connectivity index (χ2n) is 3.72. The van der Waals surface area contributed by atoms with Gasteiger partial charge in [0.15, 0.2) is 0 Å². The highest BCUT2D eigenvalue weighted by molar-refractivity contribution is 9.10. The molecule has 0 unspecified atom stereocenters. The summed E-state index contributed by atoms with van der Waals surface area (Å²) in [6, 6.07) is 3.34. The molecule has 0 atom stereocenters. The molecular formula is C12H14BrFO3. The molecule has 0 amide bonds. The summed E-state index contributed by atoms with van der Waals surface area (Å²) >= 11 is 3.30. The largest absolute Gasteiger partial charge is 0.481 e. The van der Waals surface area contributed by atoms with Crippen LogP contribution in [0.5, 0.6) is 0 Å². The minimum Gasteiger partial charge on any atom is -0.481 e. The Bertz CT molecular complexity index is 407. The molecule has 0 aliphatic rings. The first-order valence-electron chi connectivity index (χ1n) is 5.22. The van der Waals surface area contributed by atoms with Crippen LogP contribution in [-0.4, -0.2) is 18.2 Å². The van der Waals surface area contributed by atoms with Gasteiger partial charge in [0.05, 0.1) is 6.61 Å². The molecule has 3 nitrogen and oxygen atoms in total. The maximum Gasteiger partial charge on any atom is 0.303 e. The summed E-state index contributed by atoms with van der Waals surface area (Å²) in [4.78, 5) is 10.4. The van der Waals surface area contributed by atoms with Crippen LogP contribution in [0.2, 0.25) is 0 Å². The van der Waals surface area contributed by atoms with E-state index >= 15 is 0 Å². The van der Waals surface area contributed by atoms with E-state index in [4.69, 9.17) is 9.84 Å². The van der Waals surface area contributed by atoms with Crippen LogP contribution in [0.3, 0.4) is 0 Å². The molecule has 0 aliphatic heterocycles. The second-order valence-corrected chi connectivity index (χ2v) is 4.63. The predicted molar refractivity (Wildman–Crippen MR) is 65.4 cm³/mol. The molecule has 94 valence electrons. The minimum atomic E-state index is -0.863. The topological polar surface area (TPSA) is 46.5 Å². The van der Waals surface area contributed by atoms with E-state index < -0.39 is 5.97 Å². The lowest BCUT2D eigenvalue weighted by Gasteiger charge is -2.08. The van der Waals surface area contributed by atoms with Gasteiger partial charge in [0.1, 0.15) is 5.82 Å². The number of carboxylic acids is 1. The summed E-state index contributed by atoms with van der Waals surface area (Å²) in [5.74, 6) is -1.17. The molecule has 0 saturated heterocycles. The molecule has 0 radical (unpaired) electrons. The van der Waals surface area contributed by atoms with Crippen molar-refractivity contribution in [1.82, 2.24) is 0 Å². The van der Waals surface area contributed by atoms with Gasteiger partial charge in [-0.3, -0.25) is 4.79 Å². The number of methoxy groups -OCH3 is 1. The number of aryl methyl sites for hydroxylation is 1. The average molecular weight is 305 g/mol. The van der Waals surface area contributed by atoms with Crippen molar-refractivity contribution in [2.24, 2.45) is 0 Å². The first kappa shape index (κ1) is 14.1.